The van der Waals surface area contributed by atoms with E-state index in [1.165, 1.54) is 4.90 Å². The lowest BCUT2D eigenvalue weighted by Gasteiger charge is -2.43. The Hall–Kier alpha value is -2.73. The van der Waals surface area contributed by atoms with E-state index in [1.54, 1.807) is 41.3 Å². The first-order valence-electron chi connectivity index (χ1n) is 12.7. The number of halogens is 1. The van der Waals surface area contributed by atoms with Crippen LogP contribution in [-0.4, -0.2) is 66.8 Å². The quantitative estimate of drug-likeness (QED) is 0.504. The molecule has 9 nitrogen and oxygen atoms in total. The zero-order chi connectivity index (χ0) is 26.6. The van der Waals surface area contributed by atoms with Crippen molar-refractivity contribution >= 4 is 54.9 Å². The molecule has 2 amide bonds. The number of amides is 2. The van der Waals surface area contributed by atoms with E-state index < -0.39 is 16.1 Å². The van der Waals surface area contributed by atoms with Crippen LogP contribution in [0.1, 0.15) is 30.9 Å². The molecule has 2 aromatic heterocycles. The van der Waals surface area contributed by atoms with Gasteiger partial charge in [0, 0.05) is 53.6 Å². The Bertz CT molecular complexity index is 1600. The van der Waals surface area contributed by atoms with Gasteiger partial charge in [-0.3, -0.25) is 14.4 Å². The Morgan fingerprint density at radius 3 is 2.79 bits per heavy atom. The Morgan fingerprint density at radius 1 is 1.11 bits per heavy atom. The van der Waals surface area contributed by atoms with Crippen LogP contribution in [0.5, 0.6) is 0 Å². The molecular weight excluding hydrogens is 548 g/mol. The van der Waals surface area contributed by atoms with Crippen LogP contribution in [0.25, 0.3) is 10.1 Å². The van der Waals surface area contributed by atoms with Gasteiger partial charge in [0.15, 0.2) is 0 Å². The van der Waals surface area contributed by atoms with Crippen LogP contribution in [0.4, 0.5) is 0 Å². The first-order chi connectivity index (χ1) is 18.2. The highest BCUT2D eigenvalue weighted by molar-refractivity contribution is 7.91. The van der Waals surface area contributed by atoms with E-state index in [0.29, 0.717) is 44.0 Å². The predicted octanol–water partition coefficient (Wildman–Crippen LogP) is 2.63. The number of hydrogen-bond donors (Lipinski definition) is 1. The summed E-state index contributed by atoms with van der Waals surface area (Å²) in [5.41, 5.74) is 0.946. The predicted molar refractivity (Wildman–Crippen MR) is 145 cm³/mol. The molecular formula is C26H27ClN4O5S2. The van der Waals surface area contributed by atoms with Gasteiger partial charge in [0.05, 0.1) is 6.54 Å². The summed E-state index contributed by atoms with van der Waals surface area (Å²) in [5.74, 6) is -0.248. The van der Waals surface area contributed by atoms with Gasteiger partial charge in [-0.15, -0.1) is 11.3 Å². The summed E-state index contributed by atoms with van der Waals surface area (Å²) in [4.78, 5) is 42.1. The molecule has 0 saturated carbocycles. The summed E-state index contributed by atoms with van der Waals surface area (Å²) in [5, 5.41) is 1.24. The Balaban J connectivity index is 1.13. The molecule has 38 heavy (non-hydrogen) atoms. The van der Waals surface area contributed by atoms with Gasteiger partial charge < -0.3 is 14.4 Å². The molecule has 0 aliphatic carbocycles. The average Bonchev–Trinajstić information content (AvgIpc) is 3.31. The second-order valence-electron chi connectivity index (χ2n) is 10.3. The smallest absolute Gasteiger partial charge is 0.250 e. The van der Waals surface area contributed by atoms with Gasteiger partial charge in [0.1, 0.15) is 10.3 Å². The largest absolute Gasteiger partial charge is 0.340 e. The summed E-state index contributed by atoms with van der Waals surface area (Å²) in [7, 11) is -3.93. The lowest BCUT2D eigenvalue weighted by atomic mass is 9.83. The normalized spacial score (nSPS) is 23.5. The standard InChI is InChI=1S/C26H27ClN4O5S2/c27-19-6-7-22-17(10-19)11-25(37-22)38(35,36)28-20-3-2-8-29(26(20)34)15-24(33)30-12-16-9-18(14-30)21-4-1-5-23(32)31(21)13-16/h1,4-7,10-11,16,18,20,28H,2-3,8-9,12-15H2/t16-,18?,20+/m1/s1. The van der Waals surface area contributed by atoms with Crippen LogP contribution in [0.2, 0.25) is 5.02 Å². The van der Waals surface area contributed by atoms with Crippen LogP contribution in [0.15, 0.2) is 51.5 Å². The summed E-state index contributed by atoms with van der Waals surface area (Å²) in [6.45, 7) is 1.96. The van der Waals surface area contributed by atoms with E-state index in [0.717, 1.165) is 33.5 Å². The van der Waals surface area contributed by atoms with Crippen molar-refractivity contribution in [2.75, 3.05) is 26.2 Å². The third-order valence-corrected chi connectivity index (χ3v) is 11.0. The van der Waals surface area contributed by atoms with Gasteiger partial charge >= 0.3 is 0 Å². The molecule has 3 aliphatic heterocycles. The van der Waals surface area contributed by atoms with E-state index >= 15 is 0 Å². The number of piperidine rings is 2. The van der Waals surface area contributed by atoms with Crippen LogP contribution in [-0.2, 0) is 26.2 Å². The SMILES string of the molecule is O=C(CN1CCC[C@H](NS(=O)(=O)c2cc3cc(Cl)ccc3s2)C1=O)N1CC2C[C@H](C1)Cn1c2cccc1=O. The molecule has 0 spiro atoms. The molecule has 0 radical (unpaired) electrons. The fourth-order valence-corrected chi connectivity index (χ4v) is 8.74. The fourth-order valence-electron chi connectivity index (χ4n) is 5.94. The highest BCUT2D eigenvalue weighted by Crippen LogP contribution is 2.35. The van der Waals surface area contributed by atoms with Crippen LogP contribution in [0, 0.1) is 5.92 Å². The molecule has 1 unspecified atom stereocenters. The minimum absolute atomic E-state index is 0.0103. The van der Waals surface area contributed by atoms with Gasteiger partial charge in [-0.1, -0.05) is 17.7 Å². The number of rotatable bonds is 5. The van der Waals surface area contributed by atoms with Crippen molar-refractivity contribution < 1.29 is 18.0 Å². The molecule has 200 valence electrons. The molecule has 3 aromatic rings. The first-order valence-corrected chi connectivity index (χ1v) is 15.3. The zero-order valence-electron chi connectivity index (χ0n) is 20.5. The van der Waals surface area contributed by atoms with Crippen molar-refractivity contribution in [3.8, 4) is 0 Å². The van der Waals surface area contributed by atoms with Crippen molar-refractivity contribution in [3.63, 3.8) is 0 Å². The van der Waals surface area contributed by atoms with Gasteiger partial charge in [-0.2, -0.15) is 4.72 Å². The van der Waals surface area contributed by atoms with Crippen molar-refractivity contribution in [2.45, 2.75) is 42.0 Å². The van der Waals surface area contributed by atoms with E-state index in [-0.39, 0.29) is 40.0 Å². The maximum absolute atomic E-state index is 13.3. The Kier molecular flexibility index (Phi) is 6.58. The molecule has 1 N–H and O–H groups in total. The fraction of sp³-hybridized carbons (Fsp3) is 0.423. The van der Waals surface area contributed by atoms with Crippen LogP contribution >= 0.6 is 22.9 Å². The van der Waals surface area contributed by atoms with Crippen LogP contribution < -0.4 is 10.3 Å². The van der Waals surface area contributed by atoms with Crippen molar-refractivity contribution in [2.24, 2.45) is 5.92 Å². The topological polar surface area (TPSA) is 109 Å². The highest BCUT2D eigenvalue weighted by Gasteiger charge is 2.38. The van der Waals surface area contributed by atoms with Crippen molar-refractivity contribution in [3.05, 3.63) is 63.5 Å². The number of fused-ring (bicyclic) bond motifs is 5. The number of nitrogens with one attached hydrogen (secondary N) is 1. The number of nitrogens with zero attached hydrogens (tertiary/aromatic N) is 3. The summed E-state index contributed by atoms with van der Waals surface area (Å²) in [6.07, 6.45) is 1.90. The van der Waals surface area contributed by atoms with Gasteiger partial charge in [0.2, 0.25) is 11.8 Å². The maximum atomic E-state index is 13.3. The average molecular weight is 575 g/mol. The maximum Gasteiger partial charge on any atom is 0.250 e. The molecule has 2 saturated heterocycles. The van der Waals surface area contributed by atoms with Crippen molar-refractivity contribution in [1.82, 2.24) is 19.1 Å². The number of aromatic nitrogens is 1. The molecule has 3 atom stereocenters. The Morgan fingerprint density at radius 2 is 1.95 bits per heavy atom. The van der Waals surface area contributed by atoms with E-state index in [4.69, 9.17) is 11.6 Å². The van der Waals surface area contributed by atoms with Gasteiger partial charge in [0.25, 0.3) is 15.6 Å². The van der Waals surface area contributed by atoms with Gasteiger partial charge in [-0.25, -0.2) is 8.42 Å². The summed E-state index contributed by atoms with van der Waals surface area (Å²) in [6, 6.07) is 11.1. The second kappa shape index (κ2) is 9.78. The first kappa shape index (κ1) is 25.5. The molecule has 12 heteroatoms. The molecule has 5 heterocycles. The number of sulfonamides is 1. The minimum atomic E-state index is -3.93. The number of carbonyl (C=O) groups excluding carboxylic acids is 2. The third kappa shape index (κ3) is 4.76. The lowest BCUT2D eigenvalue weighted by Crippen LogP contribution is -2.56. The number of carbonyl (C=O) groups is 2. The second-order valence-corrected chi connectivity index (χ2v) is 13.8. The lowest BCUT2D eigenvalue weighted by molar-refractivity contribution is -0.144. The van der Waals surface area contributed by atoms with E-state index in [9.17, 15) is 22.8 Å². The number of likely N-dealkylation sites (tertiary alicyclic amines) is 2. The van der Waals surface area contributed by atoms with Crippen LogP contribution in [0.3, 0.4) is 0 Å². The Labute approximate surface area is 229 Å². The van der Waals surface area contributed by atoms with E-state index in [2.05, 4.69) is 4.72 Å². The summed E-state index contributed by atoms with van der Waals surface area (Å²) < 4.78 is 31.5. The number of pyridine rings is 1. The number of hydrogen-bond acceptors (Lipinski definition) is 6. The molecule has 1 aromatic carbocycles. The zero-order valence-corrected chi connectivity index (χ0v) is 22.9. The molecule has 2 bridgehead atoms. The number of benzene rings is 1. The number of thiophene rings is 1. The molecule has 6 rings (SSSR count). The van der Waals surface area contributed by atoms with Crippen molar-refractivity contribution in [1.29, 1.82) is 0 Å². The third-order valence-electron chi connectivity index (χ3n) is 7.71. The summed E-state index contributed by atoms with van der Waals surface area (Å²) >= 11 is 7.15. The monoisotopic (exact) mass is 574 g/mol. The molecule has 3 aliphatic rings. The minimum Gasteiger partial charge on any atom is -0.340 e. The highest BCUT2D eigenvalue weighted by atomic mass is 35.5. The molecule has 2 fully saturated rings. The van der Waals surface area contributed by atoms with Gasteiger partial charge in [-0.05, 0) is 60.9 Å². The van der Waals surface area contributed by atoms with E-state index in [1.807, 2.05) is 10.6 Å².